The number of carbonyl (C=O) groups is 1. The highest BCUT2D eigenvalue weighted by Gasteiger charge is 2.13. The van der Waals surface area contributed by atoms with Crippen molar-refractivity contribution in [1.82, 2.24) is 14.3 Å². The van der Waals surface area contributed by atoms with Crippen LogP contribution in [-0.4, -0.2) is 34.3 Å². The lowest BCUT2D eigenvalue weighted by molar-refractivity contribution is 0.101. The Morgan fingerprint density at radius 3 is 2.00 bits per heavy atom. The summed E-state index contributed by atoms with van der Waals surface area (Å²) in [4.78, 5) is 11.5. The molecule has 34 heavy (non-hydrogen) atoms. The molecule has 3 heterocycles. The van der Waals surface area contributed by atoms with Gasteiger partial charge in [-0.3, -0.25) is 4.79 Å². The first-order valence-corrected chi connectivity index (χ1v) is 11.3. The normalized spacial score (nSPS) is 10.9. The van der Waals surface area contributed by atoms with Gasteiger partial charge in [0.05, 0.1) is 31.4 Å². The summed E-state index contributed by atoms with van der Waals surface area (Å²) < 4.78 is 20.0. The van der Waals surface area contributed by atoms with Crippen LogP contribution in [-0.2, 0) is 13.1 Å². The second-order valence-corrected chi connectivity index (χ2v) is 7.86. The zero-order chi connectivity index (χ0) is 24.2. The van der Waals surface area contributed by atoms with Gasteiger partial charge >= 0.3 is 0 Å². The Bertz CT molecular complexity index is 1430. The molecule has 5 rings (SSSR count). The van der Waals surface area contributed by atoms with Crippen LogP contribution in [0.1, 0.15) is 31.1 Å². The molecular formula is C27H29N3O4. The molecule has 0 bridgehead atoms. The van der Waals surface area contributed by atoms with E-state index in [1.165, 1.54) is 0 Å². The average Bonchev–Trinajstić information content (AvgIpc) is 3.60. The van der Waals surface area contributed by atoms with Crippen molar-refractivity contribution < 1.29 is 18.8 Å². The molecule has 0 N–H and O–H groups in total. The summed E-state index contributed by atoms with van der Waals surface area (Å²) in [5, 5.41) is 5.91. The third kappa shape index (κ3) is 4.29. The van der Waals surface area contributed by atoms with E-state index in [4.69, 9.17) is 14.0 Å². The molecule has 176 valence electrons. The lowest BCUT2D eigenvalue weighted by Crippen LogP contribution is -1.92. The molecule has 0 saturated heterocycles. The van der Waals surface area contributed by atoms with Crippen molar-refractivity contribution in [3.63, 3.8) is 0 Å². The first kappa shape index (κ1) is 23.2. The first-order chi connectivity index (χ1) is 16.5. The lowest BCUT2D eigenvalue weighted by Gasteiger charge is -2.03. The van der Waals surface area contributed by atoms with Crippen LogP contribution in [0.25, 0.3) is 33.1 Å². The SMILES string of the molecule is CCn1cc(-c2ccno2)c2ccc(OC)cc21.CCn1cc(C(C)=O)c2ccc(OC)cc21. The maximum Gasteiger partial charge on any atom is 0.168 e. The van der Waals surface area contributed by atoms with Crippen molar-refractivity contribution in [2.45, 2.75) is 33.9 Å². The number of methoxy groups -OCH3 is 2. The van der Waals surface area contributed by atoms with Crippen molar-refractivity contribution in [3.05, 3.63) is 66.6 Å². The molecule has 0 atom stereocenters. The largest absolute Gasteiger partial charge is 0.497 e. The Kier molecular flexibility index (Phi) is 6.72. The summed E-state index contributed by atoms with van der Waals surface area (Å²) in [5.41, 5.74) is 4.03. The minimum absolute atomic E-state index is 0.0994. The second-order valence-electron chi connectivity index (χ2n) is 7.86. The summed E-state index contributed by atoms with van der Waals surface area (Å²) in [7, 11) is 3.32. The Balaban J connectivity index is 0.000000162. The van der Waals surface area contributed by atoms with E-state index in [1.807, 2.05) is 42.6 Å². The summed E-state index contributed by atoms with van der Waals surface area (Å²) in [6, 6.07) is 13.7. The van der Waals surface area contributed by atoms with Crippen molar-refractivity contribution in [1.29, 1.82) is 0 Å². The summed E-state index contributed by atoms with van der Waals surface area (Å²) >= 11 is 0. The van der Waals surface area contributed by atoms with Crippen molar-refractivity contribution in [2.75, 3.05) is 14.2 Å². The maximum atomic E-state index is 11.5. The van der Waals surface area contributed by atoms with Gasteiger partial charge in [0.15, 0.2) is 11.5 Å². The topological polar surface area (TPSA) is 71.4 Å². The van der Waals surface area contributed by atoms with Gasteiger partial charge in [-0.25, -0.2) is 0 Å². The van der Waals surface area contributed by atoms with E-state index < -0.39 is 0 Å². The van der Waals surface area contributed by atoms with E-state index in [1.54, 1.807) is 27.3 Å². The molecule has 5 aromatic rings. The molecular weight excluding hydrogens is 430 g/mol. The molecule has 3 aromatic heterocycles. The molecule has 0 saturated carbocycles. The number of ether oxygens (including phenoxy) is 2. The highest BCUT2D eigenvalue weighted by Crippen LogP contribution is 2.32. The molecule has 0 aliphatic heterocycles. The fraction of sp³-hybridized carbons (Fsp3) is 0.259. The van der Waals surface area contributed by atoms with Crippen molar-refractivity contribution >= 4 is 27.6 Å². The minimum atomic E-state index is 0.0994. The molecule has 0 unspecified atom stereocenters. The lowest BCUT2D eigenvalue weighted by atomic mass is 10.1. The van der Waals surface area contributed by atoms with E-state index >= 15 is 0 Å². The number of aromatic nitrogens is 3. The number of benzene rings is 2. The number of carbonyl (C=O) groups excluding carboxylic acids is 1. The molecule has 7 heteroatoms. The monoisotopic (exact) mass is 459 g/mol. The average molecular weight is 460 g/mol. The molecule has 0 radical (unpaired) electrons. The van der Waals surface area contributed by atoms with Gasteiger partial charge < -0.3 is 23.1 Å². The molecule has 0 amide bonds. The quantitative estimate of drug-likeness (QED) is 0.283. The first-order valence-electron chi connectivity index (χ1n) is 11.3. The van der Waals surface area contributed by atoms with Gasteiger partial charge in [0.25, 0.3) is 0 Å². The molecule has 0 fully saturated rings. The van der Waals surface area contributed by atoms with Gasteiger partial charge in [0.1, 0.15) is 11.5 Å². The zero-order valence-electron chi connectivity index (χ0n) is 20.2. The number of Topliss-reactive ketones (excluding diaryl/α,β-unsaturated/α-hetero) is 1. The number of aryl methyl sites for hydroxylation is 2. The van der Waals surface area contributed by atoms with Gasteiger partial charge in [-0.15, -0.1) is 0 Å². The summed E-state index contributed by atoms with van der Waals surface area (Å²) in [6.45, 7) is 7.51. The fourth-order valence-electron chi connectivity index (χ4n) is 4.15. The van der Waals surface area contributed by atoms with Crippen LogP contribution in [0.2, 0.25) is 0 Å². The van der Waals surface area contributed by atoms with Gasteiger partial charge in [0.2, 0.25) is 0 Å². The number of hydrogen-bond acceptors (Lipinski definition) is 5. The van der Waals surface area contributed by atoms with E-state index in [2.05, 4.69) is 40.4 Å². The standard InChI is InChI=1S/C14H14N2O2.C13H15NO2/c1-3-16-9-12(14-6-7-15-18-14)11-5-4-10(17-2)8-13(11)16;1-4-14-8-12(9(2)15)11-6-5-10(16-3)7-13(11)14/h4-9H,3H2,1-2H3;5-8H,4H2,1-3H3. The second kappa shape index (κ2) is 9.87. The van der Waals surface area contributed by atoms with Crippen LogP contribution >= 0.6 is 0 Å². The Hall–Kier alpha value is -4.00. The number of fused-ring (bicyclic) bond motifs is 2. The van der Waals surface area contributed by atoms with Gasteiger partial charge in [-0.1, -0.05) is 5.16 Å². The third-order valence-electron chi connectivity index (χ3n) is 5.94. The Morgan fingerprint density at radius 2 is 1.47 bits per heavy atom. The van der Waals surface area contributed by atoms with Gasteiger partial charge in [0, 0.05) is 65.6 Å². The highest BCUT2D eigenvalue weighted by molar-refractivity contribution is 6.07. The van der Waals surface area contributed by atoms with Gasteiger partial charge in [-0.2, -0.15) is 0 Å². The van der Waals surface area contributed by atoms with Gasteiger partial charge in [-0.05, 0) is 45.0 Å². The van der Waals surface area contributed by atoms with Crippen LogP contribution in [0.5, 0.6) is 11.5 Å². The number of nitrogens with zero attached hydrogens (tertiary/aromatic N) is 3. The zero-order valence-corrected chi connectivity index (χ0v) is 20.2. The van der Waals surface area contributed by atoms with Crippen LogP contribution in [0.4, 0.5) is 0 Å². The molecule has 0 spiro atoms. The summed E-state index contributed by atoms with van der Waals surface area (Å²) in [6.07, 6.45) is 5.66. The highest BCUT2D eigenvalue weighted by atomic mass is 16.5. The van der Waals surface area contributed by atoms with E-state index in [-0.39, 0.29) is 5.78 Å². The van der Waals surface area contributed by atoms with E-state index in [0.29, 0.717) is 0 Å². The molecule has 7 nitrogen and oxygen atoms in total. The predicted molar refractivity (Wildman–Crippen MR) is 134 cm³/mol. The predicted octanol–water partition coefficient (Wildman–Crippen LogP) is 6.20. The smallest absolute Gasteiger partial charge is 0.168 e. The van der Waals surface area contributed by atoms with Crippen LogP contribution in [0.15, 0.2) is 65.6 Å². The Morgan fingerprint density at radius 1 is 0.882 bits per heavy atom. The molecule has 2 aromatic carbocycles. The van der Waals surface area contributed by atoms with Crippen LogP contribution in [0, 0.1) is 0 Å². The van der Waals surface area contributed by atoms with Crippen molar-refractivity contribution in [2.24, 2.45) is 0 Å². The molecule has 0 aliphatic carbocycles. The number of hydrogen-bond donors (Lipinski definition) is 0. The van der Waals surface area contributed by atoms with Crippen LogP contribution in [0.3, 0.4) is 0 Å². The maximum absolute atomic E-state index is 11.5. The number of ketones is 1. The third-order valence-corrected chi connectivity index (χ3v) is 5.94. The van der Waals surface area contributed by atoms with E-state index in [9.17, 15) is 4.79 Å². The van der Waals surface area contributed by atoms with E-state index in [0.717, 1.165) is 63.3 Å². The minimum Gasteiger partial charge on any atom is -0.497 e. The fourth-order valence-corrected chi connectivity index (χ4v) is 4.15. The van der Waals surface area contributed by atoms with Crippen LogP contribution < -0.4 is 9.47 Å². The van der Waals surface area contributed by atoms with Crippen molar-refractivity contribution in [3.8, 4) is 22.8 Å². The molecule has 0 aliphatic rings. The Labute approximate surface area is 198 Å². The summed E-state index contributed by atoms with van der Waals surface area (Å²) in [5.74, 6) is 2.56. The number of rotatable bonds is 6.